The molecule has 0 radical (unpaired) electrons. The Morgan fingerprint density at radius 1 is 1.50 bits per heavy atom. The van der Waals surface area contributed by atoms with E-state index < -0.39 is 5.97 Å². The lowest BCUT2D eigenvalue weighted by molar-refractivity contribution is 0.0693. The summed E-state index contributed by atoms with van der Waals surface area (Å²) in [5.41, 5.74) is 0.580. The largest absolute Gasteiger partial charge is 0.478 e. The van der Waals surface area contributed by atoms with Crippen LogP contribution in [-0.4, -0.2) is 20.9 Å². The van der Waals surface area contributed by atoms with Crippen LogP contribution in [0.25, 0.3) is 0 Å². The molecular weight excluding hydrogens is 248 g/mol. The first-order valence-electron chi connectivity index (χ1n) is 4.21. The Morgan fingerprint density at radius 3 is 2.29 bits per heavy atom. The average molecular weight is 261 g/mol. The predicted octanol–water partition coefficient (Wildman–Crippen LogP) is 2.18. The molecule has 0 atom stereocenters. The highest BCUT2D eigenvalue weighted by molar-refractivity contribution is 9.10. The third kappa shape index (κ3) is 1.82. The number of rotatable bonds is 1. The second-order valence-corrected chi connectivity index (χ2v) is 4.94. The van der Waals surface area contributed by atoms with Crippen molar-refractivity contribution in [2.24, 2.45) is 7.05 Å². The van der Waals surface area contributed by atoms with E-state index in [1.165, 1.54) is 4.68 Å². The lowest BCUT2D eigenvalue weighted by Crippen LogP contribution is -2.16. The average Bonchev–Trinajstić information content (AvgIpc) is 2.27. The first-order valence-corrected chi connectivity index (χ1v) is 5.00. The standard InChI is InChI=1S/C9H13BrN2O2/c1-9(2,3)6-5(8(13)14)7(10)12(4)11-6/h1-4H3,(H,13,14). The molecule has 0 bridgehead atoms. The van der Waals surface area contributed by atoms with Crippen LogP contribution in [0, 0.1) is 0 Å². The van der Waals surface area contributed by atoms with Gasteiger partial charge in [-0.25, -0.2) is 4.79 Å². The minimum atomic E-state index is -0.949. The summed E-state index contributed by atoms with van der Waals surface area (Å²) in [5.74, 6) is -0.949. The smallest absolute Gasteiger partial charge is 0.340 e. The van der Waals surface area contributed by atoms with Crippen molar-refractivity contribution in [2.75, 3.05) is 0 Å². The third-order valence-corrected chi connectivity index (χ3v) is 2.81. The number of hydrogen-bond acceptors (Lipinski definition) is 2. The van der Waals surface area contributed by atoms with Gasteiger partial charge in [0.1, 0.15) is 10.2 Å². The second kappa shape index (κ2) is 3.38. The first-order chi connectivity index (χ1) is 6.25. The van der Waals surface area contributed by atoms with Crippen molar-refractivity contribution in [3.05, 3.63) is 15.9 Å². The number of aryl methyl sites for hydroxylation is 1. The first kappa shape index (κ1) is 11.2. The second-order valence-electron chi connectivity index (χ2n) is 4.19. The molecule has 0 unspecified atom stereocenters. The zero-order valence-corrected chi connectivity index (χ0v) is 10.2. The van der Waals surface area contributed by atoms with Crippen molar-refractivity contribution in [1.29, 1.82) is 0 Å². The van der Waals surface area contributed by atoms with Crippen LogP contribution >= 0.6 is 15.9 Å². The van der Waals surface area contributed by atoms with Gasteiger partial charge in [-0.1, -0.05) is 20.8 Å². The van der Waals surface area contributed by atoms with Gasteiger partial charge in [-0.2, -0.15) is 5.10 Å². The molecule has 1 heterocycles. The molecule has 1 N–H and O–H groups in total. The van der Waals surface area contributed by atoms with Gasteiger partial charge in [0.05, 0.1) is 5.69 Å². The zero-order chi connectivity index (χ0) is 11.1. The molecule has 0 aromatic carbocycles. The van der Waals surface area contributed by atoms with Crippen molar-refractivity contribution >= 4 is 21.9 Å². The highest BCUT2D eigenvalue weighted by Gasteiger charge is 2.28. The monoisotopic (exact) mass is 260 g/mol. The highest BCUT2D eigenvalue weighted by Crippen LogP contribution is 2.29. The van der Waals surface area contributed by atoms with E-state index in [2.05, 4.69) is 21.0 Å². The van der Waals surface area contributed by atoms with Gasteiger partial charge in [0.25, 0.3) is 0 Å². The van der Waals surface area contributed by atoms with Crippen molar-refractivity contribution in [3.8, 4) is 0 Å². The summed E-state index contributed by atoms with van der Waals surface area (Å²) in [6.45, 7) is 5.82. The van der Waals surface area contributed by atoms with Crippen molar-refractivity contribution in [2.45, 2.75) is 26.2 Å². The number of carboxylic acid groups (broad SMARTS) is 1. The van der Waals surface area contributed by atoms with Gasteiger partial charge in [-0.05, 0) is 15.9 Å². The van der Waals surface area contributed by atoms with E-state index in [4.69, 9.17) is 5.11 Å². The topological polar surface area (TPSA) is 55.1 Å². The Labute approximate surface area is 91.1 Å². The van der Waals surface area contributed by atoms with Gasteiger partial charge in [-0.15, -0.1) is 0 Å². The Morgan fingerprint density at radius 2 is 2.00 bits per heavy atom. The zero-order valence-electron chi connectivity index (χ0n) is 8.63. The van der Waals surface area contributed by atoms with Crippen LogP contribution in [0.15, 0.2) is 4.60 Å². The summed E-state index contributed by atoms with van der Waals surface area (Å²) in [7, 11) is 1.71. The molecule has 0 aliphatic carbocycles. The Hall–Kier alpha value is -0.840. The van der Waals surface area contributed by atoms with Gasteiger partial charge >= 0.3 is 5.97 Å². The van der Waals surface area contributed by atoms with Gasteiger partial charge in [0.2, 0.25) is 0 Å². The van der Waals surface area contributed by atoms with E-state index >= 15 is 0 Å². The van der Waals surface area contributed by atoms with Crippen LogP contribution in [0.5, 0.6) is 0 Å². The molecule has 5 heteroatoms. The Kier molecular flexibility index (Phi) is 2.71. The SMILES string of the molecule is Cn1nc(C(C)(C)C)c(C(=O)O)c1Br. The number of nitrogens with zero attached hydrogens (tertiary/aromatic N) is 2. The summed E-state index contributed by atoms with van der Waals surface area (Å²) >= 11 is 3.21. The number of aromatic carboxylic acids is 1. The third-order valence-electron chi connectivity index (χ3n) is 1.90. The minimum Gasteiger partial charge on any atom is -0.478 e. The molecule has 0 fully saturated rings. The van der Waals surface area contributed by atoms with Gasteiger partial charge in [-0.3, -0.25) is 4.68 Å². The van der Waals surface area contributed by atoms with Crippen LogP contribution in [0.4, 0.5) is 0 Å². The lowest BCUT2D eigenvalue weighted by Gasteiger charge is -2.15. The maximum atomic E-state index is 11.0. The van der Waals surface area contributed by atoms with Crippen LogP contribution < -0.4 is 0 Å². The van der Waals surface area contributed by atoms with Crippen LogP contribution in [0.2, 0.25) is 0 Å². The molecule has 0 aliphatic rings. The molecule has 0 spiro atoms. The van der Waals surface area contributed by atoms with E-state index in [1.807, 2.05) is 20.8 Å². The maximum Gasteiger partial charge on any atom is 0.340 e. The fraction of sp³-hybridized carbons (Fsp3) is 0.556. The fourth-order valence-electron chi connectivity index (χ4n) is 1.22. The molecule has 1 aromatic heterocycles. The number of aromatic nitrogens is 2. The van der Waals surface area contributed by atoms with Crippen LogP contribution in [-0.2, 0) is 12.5 Å². The molecule has 0 saturated carbocycles. The van der Waals surface area contributed by atoms with Gasteiger partial charge < -0.3 is 5.11 Å². The van der Waals surface area contributed by atoms with Gasteiger partial charge in [0.15, 0.2) is 0 Å². The van der Waals surface area contributed by atoms with E-state index in [9.17, 15) is 4.79 Å². The predicted molar refractivity (Wildman–Crippen MR) is 56.6 cm³/mol. The minimum absolute atomic E-state index is 0.250. The molecule has 0 aliphatic heterocycles. The van der Waals surface area contributed by atoms with E-state index in [-0.39, 0.29) is 11.0 Å². The van der Waals surface area contributed by atoms with Gasteiger partial charge in [0, 0.05) is 12.5 Å². The molecule has 14 heavy (non-hydrogen) atoms. The van der Waals surface area contributed by atoms with Crippen molar-refractivity contribution in [1.82, 2.24) is 9.78 Å². The molecule has 0 saturated heterocycles. The molecule has 4 nitrogen and oxygen atoms in total. The fourth-order valence-corrected chi connectivity index (χ4v) is 1.65. The molecule has 1 aromatic rings. The maximum absolute atomic E-state index is 11.0. The van der Waals surface area contributed by atoms with E-state index in [0.29, 0.717) is 10.3 Å². The summed E-state index contributed by atoms with van der Waals surface area (Å²) in [4.78, 5) is 11.0. The summed E-state index contributed by atoms with van der Waals surface area (Å²) in [6, 6.07) is 0. The normalized spacial score (nSPS) is 11.8. The molecular formula is C9H13BrN2O2. The summed E-state index contributed by atoms with van der Waals surface area (Å²) in [6.07, 6.45) is 0. The van der Waals surface area contributed by atoms with E-state index in [0.717, 1.165) is 0 Å². The van der Waals surface area contributed by atoms with Crippen molar-refractivity contribution in [3.63, 3.8) is 0 Å². The van der Waals surface area contributed by atoms with E-state index in [1.54, 1.807) is 7.05 Å². The summed E-state index contributed by atoms with van der Waals surface area (Å²) < 4.78 is 2.04. The van der Waals surface area contributed by atoms with Crippen LogP contribution in [0.3, 0.4) is 0 Å². The number of carboxylic acids is 1. The Bertz CT molecular complexity index is 377. The molecule has 1 rings (SSSR count). The molecule has 78 valence electrons. The van der Waals surface area contributed by atoms with Crippen molar-refractivity contribution < 1.29 is 9.90 Å². The lowest BCUT2D eigenvalue weighted by atomic mass is 9.90. The number of hydrogen-bond donors (Lipinski definition) is 1. The number of halogens is 1. The van der Waals surface area contributed by atoms with Crippen LogP contribution in [0.1, 0.15) is 36.8 Å². The quantitative estimate of drug-likeness (QED) is 0.842. The summed E-state index contributed by atoms with van der Waals surface area (Å²) in [5, 5.41) is 13.2. The highest BCUT2D eigenvalue weighted by atomic mass is 79.9. The molecule has 0 amide bonds. The Balaban J connectivity index is 3.45. The number of carbonyl (C=O) groups is 1.